The second kappa shape index (κ2) is 7.40. The summed E-state index contributed by atoms with van der Waals surface area (Å²) in [4.78, 5) is 7.05. The maximum atomic E-state index is 6.14. The fourth-order valence-electron chi connectivity index (χ4n) is 3.17. The third-order valence-electron chi connectivity index (χ3n) is 4.58. The maximum absolute atomic E-state index is 6.14. The van der Waals surface area contributed by atoms with Gasteiger partial charge in [0.1, 0.15) is 0 Å². The predicted molar refractivity (Wildman–Crippen MR) is 106 cm³/mol. The van der Waals surface area contributed by atoms with Crippen LogP contribution in [0.1, 0.15) is 47.5 Å². The molecule has 1 aliphatic carbocycles. The van der Waals surface area contributed by atoms with E-state index in [9.17, 15) is 0 Å². The molecule has 24 heavy (non-hydrogen) atoms. The minimum atomic E-state index is 0.577. The second-order valence-electron chi connectivity index (χ2n) is 6.69. The fourth-order valence-corrected chi connectivity index (χ4v) is 3.32. The van der Waals surface area contributed by atoms with Crippen LogP contribution in [0.4, 0.5) is 0 Å². The average Bonchev–Trinajstić information content (AvgIpc) is 2.63. The predicted octanol–water partition coefficient (Wildman–Crippen LogP) is 6.26. The van der Waals surface area contributed by atoms with E-state index in [2.05, 4.69) is 51.8 Å². The van der Waals surface area contributed by atoms with Crippen LogP contribution in [0.25, 0.3) is 0 Å². The van der Waals surface area contributed by atoms with Crippen LogP contribution >= 0.6 is 11.6 Å². The van der Waals surface area contributed by atoms with Crippen molar-refractivity contribution in [1.82, 2.24) is 4.90 Å². The van der Waals surface area contributed by atoms with Gasteiger partial charge in [0.05, 0.1) is 12.3 Å². The van der Waals surface area contributed by atoms with Crippen molar-refractivity contribution >= 4 is 17.3 Å². The van der Waals surface area contributed by atoms with Gasteiger partial charge in [-0.25, -0.2) is 0 Å². The van der Waals surface area contributed by atoms with Crippen LogP contribution in [-0.4, -0.2) is 17.2 Å². The van der Waals surface area contributed by atoms with E-state index in [1.165, 1.54) is 22.3 Å². The summed E-state index contributed by atoms with van der Waals surface area (Å²) >= 11 is 6.14. The van der Waals surface area contributed by atoms with Crippen LogP contribution in [0.5, 0.6) is 0 Å². The molecule has 2 aliphatic rings. The molecule has 0 fully saturated rings. The summed E-state index contributed by atoms with van der Waals surface area (Å²) in [6, 6.07) is 0. The zero-order valence-electron chi connectivity index (χ0n) is 15.5. The van der Waals surface area contributed by atoms with E-state index in [0.29, 0.717) is 6.54 Å². The molecule has 1 heterocycles. The lowest BCUT2D eigenvalue weighted by Crippen LogP contribution is -2.21. The molecule has 0 spiro atoms. The van der Waals surface area contributed by atoms with Crippen molar-refractivity contribution in [3.63, 3.8) is 0 Å². The van der Waals surface area contributed by atoms with Crippen LogP contribution in [-0.2, 0) is 0 Å². The third-order valence-corrected chi connectivity index (χ3v) is 4.89. The Bertz CT molecular complexity index is 738. The van der Waals surface area contributed by atoms with Crippen molar-refractivity contribution in [1.29, 1.82) is 0 Å². The Balaban J connectivity index is 2.70. The minimum absolute atomic E-state index is 0.577. The summed E-state index contributed by atoms with van der Waals surface area (Å²) < 4.78 is 0. The largest absolute Gasteiger partial charge is 0.321 e. The number of allylic oxidation sites excluding steroid dienone is 9. The highest BCUT2D eigenvalue weighted by Gasteiger charge is 2.25. The number of hydrogen-bond acceptors (Lipinski definition) is 2. The Labute approximate surface area is 151 Å². The first-order valence-corrected chi connectivity index (χ1v) is 8.71. The van der Waals surface area contributed by atoms with E-state index in [-0.39, 0.29) is 0 Å². The van der Waals surface area contributed by atoms with E-state index < -0.39 is 0 Å². The standard InChI is InChI=1S/C21H27ClN2/c1-13(2)16(6)20-17(7)24(14(3)4)15(5)12-23-21(20)18-8-10-19(22)11-9-18/h8,10H,3,5,9,11-12H2,1-2,4,6-7H3. The molecule has 0 unspecified atom stereocenters. The van der Waals surface area contributed by atoms with Gasteiger partial charge in [0.25, 0.3) is 0 Å². The van der Waals surface area contributed by atoms with Gasteiger partial charge in [-0.05, 0) is 64.7 Å². The van der Waals surface area contributed by atoms with Gasteiger partial charge in [-0.2, -0.15) is 0 Å². The Morgan fingerprint density at radius 3 is 2.33 bits per heavy atom. The molecular weight excluding hydrogens is 316 g/mol. The van der Waals surface area contributed by atoms with Crippen molar-refractivity contribution in [2.24, 2.45) is 4.99 Å². The van der Waals surface area contributed by atoms with Crippen molar-refractivity contribution in [3.05, 3.63) is 69.7 Å². The topological polar surface area (TPSA) is 15.6 Å². The smallest absolute Gasteiger partial charge is 0.0796 e. The molecule has 0 atom stereocenters. The van der Waals surface area contributed by atoms with Gasteiger partial charge >= 0.3 is 0 Å². The molecule has 128 valence electrons. The van der Waals surface area contributed by atoms with E-state index in [1.54, 1.807) is 0 Å². The molecule has 1 aliphatic heterocycles. The summed E-state index contributed by atoms with van der Waals surface area (Å²) in [5, 5.41) is 0.905. The number of nitrogens with zero attached hydrogens (tertiary/aromatic N) is 2. The third kappa shape index (κ3) is 3.64. The highest BCUT2D eigenvalue weighted by Crippen LogP contribution is 2.34. The first-order valence-electron chi connectivity index (χ1n) is 8.33. The summed E-state index contributed by atoms with van der Waals surface area (Å²) in [5.41, 5.74) is 9.11. The van der Waals surface area contributed by atoms with E-state index in [1.807, 2.05) is 13.0 Å². The van der Waals surface area contributed by atoms with Crippen molar-refractivity contribution in [3.8, 4) is 0 Å². The molecule has 0 aromatic carbocycles. The van der Waals surface area contributed by atoms with Crippen LogP contribution in [0.2, 0.25) is 0 Å². The summed E-state index contributed by atoms with van der Waals surface area (Å²) in [5.74, 6) is 0. The van der Waals surface area contributed by atoms with E-state index >= 15 is 0 Å². The Kier molecular flexibility index (Phi) is 5.71. The second-order valence-corrected chi connectivity index (χ2v) is 7.18. The van der Waals surface area contributed by atoms with E-state index in [0.717, 1.165) is 40.7 Å². The Hall–Kier alpha value is -1.80. The highest BCUT2D eigenvalue weighted by atomic mass is 35.5. The molecule has 0 bridgehead atoms. The Morgan fingerprint density at radius 2 is 1.83 bits per heavy atom. The van der Waals surface area contributed by atoms with Crippen LogP contribution in [0, 0.1) is 0 Å². The van der Waals surface area contributed by atoms with Crippen molar-refractivity contribution in [2.45, 2.75) is 47.5 Å². The lowest BCUT2D eigenvalue weighted by molar-refractivity contribution is 0.524. The molecule has 3 heteroatoms. The van der Waals surface area contributed by atoms with Gasteiger partial charge < -0.3 is 4.90 Å². The Morgan fingerprint density at radius 1 is 1.17 bits per heavy atom. The van der Waals surface area contributed by atoms with Crippen LogP contribution in [0.15, 0.2) is 74.7 Å². The van der Waals surface area contributed by atoms with Crippen LogP contribution < -0.4 is 0 Å². The van der Waals surface area contributed by atoms with E-state index in [4.69, 9.17) is 16.6 Å². The molecule has 0 saturated carbocycles. The molecule has 0 N–H and O–H groups in total. The molecule has 0 radical (unpaired) electrons. The van der Waals surface area contributed by atoms with Gasteiger partial charge in [0, 0.05) is 27.7 Å². The van der Waals surface area contributed by atoms with Gasteiger partial charge in [0.15, 0.2) is 0 Å². The van der Waals surface area contributed by atoms with Crippen LogP contribution in [0.3, 0.4) is 0 Å². The first kappa shape index (κ1) is 18.5. The maximum Gasteiger partial charge on any atom is 0.0796 e. The monoisotopic (exact) mass is 342 g/mol. The van der Waals surface area contributed by atoms with Gasteiger partial charge in [-0.1, -0.05) is 36.4 Å². The number of hydrogen-bond donors (Lipinski definition) is 0. The number of aliphatic imine (C=N–C) groups is 1. The molecule has 2 nitrogen and oxygen atoms in total. The van der Waals surface area contributed by atoms with Crippen molar-refractivity contribution in [2.75, 3.05) is 6.54 Å². The zero-order chi connectivity index (χ0) is 18.0. The molecule has 0 aromatic heterocycles. The van der Waals surface area contributed by atoms with Crippen molar-refractivity contribution < 1.29 is 0 Å². The molecule has 0 aromatic rings. The quantitative estimate of drug-likeness (QED) is 0.590. The zero-order valence-corrected chi connectivity index (χ0v) is 16.2. The lowest BCUT2D eigenvalue weighted by Gasteiger charge is -2.28. The summed E-state index contributed by atoms with van der Waals surface area (Å²) in [7, 11) is 0. The first-order chi connectivity index (χ1) is 11.2. The number of rotatable bonds is 3. The normalized spacial score (nSPS) is 18.7. The SMILES string of the molecule is C=C(C)N1C(=C)CN=C(C2=CC=C(Cl)CC2)C(C(C)=C(C)C)=C1C. The molecule has 0 saturated heterocycles. The molecule has 2 rings (SSSR count). The molecular formula is C21H27ClN2. The summed E-state index contributed by atoms with van der Waals surface area (Å²) in [6.45, 7) is 19.5. The van der Waals surface area contributed by atoms with Gasteiger partial charge in [-0.15, -0.1) is 0 Å². The fraction of sp³-hybridized carbons (Fsp3) is 0.381. The minimum Gasteiger partial charge on any atom is -0.321 e. The number of halogens is 1. The van der Waals surface area contributed by atoms with Gasteiger partial charge in [-0.3, -0.25) is 4.99 Å². The van der Waals surface area contributed by atoms with Gasteiger partial charge in [0.2, 0.25) is 0 Å². The molecule has 0 amide bonds. The lowest BCUT2D eigenvalue weighted by atomic mass is 9.89. The average molecular weight is 343 g/mol. The summed E-state index contributed by atoms with van der Waals surface area (Å²) in [6.07, 6.45) is 5.89. The highest BCUT2D eigenvalue weighted by molar-refractivity contribution is 6.30.